The predicted octanol–water partition coefficient (Wildman–Crippen LogP) is 4.26. The van der Waals surface area contributed by atoms with E-state index in [1.165, 1.54) is 0 Å². The minimum Gasteiger partial charge on any atom is -0.497 e. The zero-order valence-electron chi connectivity index (χ0n) is 12.3. The van der Waals surface area contributed by atoms with Crippen LogP contribution >= 0.6 is 11.3 Å². The fraction of sp³-hybridized carbons (Fsp3) is 0.250. The van der Waals surface area contributed by atoms with Crippen LogP contribution in [0.4, 0.5) is 0 Å². The van der Waals surface area contributed by atoms with Gasteiger partial charge in [-0.3, -0.25) is 0 Å². The molecule has 21 heavy (non-hydrogen) atoms. The standard InChI is InChI=1S/C16H17N3OS/c1-11(2)19-17-15(12-6-8-13(20-3)9-7-12)16(18-19)14-5-4-10-21-14/h4-11H,1-3H3. The molecule has 0 saturated heterocycles. The first kappa shape index (κ1) is 13.8. The summed E-state index contributed by atoms with van der Waals surface area (Å²) in [6.07, 6.45) is 0. The third-order valence-corrected chi connectivity index (χ3v) is 4.09. The average molecular weight is 299 g/mol. The molecule has 0 atom stereocenters. The van der Waals surface area contributed by atoms with Crippen molar-refractivity contribution in [3.05, 3.63) is 41.8 Å². The van der Waals surface area contributed by atoms with Crippen molar-refractivity contribution < 1.29 is 4.74 Å². The molecule has 2 heterocycles. The number of benzene rings is 1. The summed E-state index contributed by atoms with van der Waals surface area (Å²) in [5.41, 5.74) is 2.89. The largest absolute Gasteiger partial charge is 0.497 e. The molecule has 3 aromatic rings. The molecule has 5 heteroatoms. The van der Waals surface area contributed by atoms with Crippen LogP contribution in [0.3, 0.4) is 0 Å². The quantitative estimate of drug-likeness (QED) is 0.722. The van der Waals surface area contributed by atoms with Gasteiger partial charge < -0.3 is 4.74 Å². The van der Waals surface area contributed by atoms with Crippen LogP contribution in [0.2, 0.25) is 0 Å². The minimum absolute atomic E-state index is 0.232. The van der Waals surface area contributed by atoms with Crippen molar-refractivity contribution in [3.8, 4) is 27.6 Å². The van der Waals surface area contributed by atoms with Gasteiger partial charge in [-0.2, -0.15) is 15.0 Å². The molecule has 3 rings (SSSR count). The van der Waals surface area contributed by atoms with E-state index in [2.05, 4.69) is 35.5 Å². The van der Waals surface area contributed by atoms with Crippen molar-refractivity contribution >= 4 is 11.3 Å². The van der Waals surface area contributed by atoms with Gasteiger partial charge in [-0.05, 0) is 49.6 Å². The Morgan fingerprint density at radius 1 is 1.05 bits per heavy atom. The molecule has 0 unspecified atom stereocenters. The molecule has 0 amide bonds. The first-order valence-corrected chi connectivity index (χ1v) is 7.72. The molecule has 0 spiro atoms. The van der Waals surface area contributed by atoms with Crippen LogP contribution in [-0.2, 0) is 0 Å². The lowest BCUT2D eigenvalue weighted by molar-refractivity contribution is 0.415. The SMILES string of the molecule is COc1ccc(-c2nn(C(C)C)nc2-c2cccs2)cc1. The Kier molecular flexibility index (Phi) is 3.75. The second kappa shape index (κ2) is 5.69. The lowest BCUT2D eigenvalue weighted by atomic mass is 10.1. The number of nitrogens with zero attached hydrogens (tertiary/aromatic N) is 3. The summed E-state index contributed by atoms with van der Waals surface area (Å²) in [6, 6.07) is 12.3. The van der Waals surface area contributed by atoms with E-state index in [1.807, 2.05) is 30.3 Å². The van der Waals surface area contributed by atoms with Gasteiger partial charge in [-0.1, -0.05) is 6.07 Å². The van der Waals surface area contributed by atoms with Crippen LogP contribution < -0.4 is 4.74 Å². The molecule has 2 aromatic heterocycles. The molecule has 0 N–H and O–H groups in total. The molecule has 1 aromatic carbocycles. The van der Waals surface area contributed by atoms with E-state index >= 15 is 0 Å². The first-order chi connectivity index (χ1) is 10.2. The summed E-state index contributed by atoms with van der Waals surface area (Å²) in [6.45, 7) is 4.16. The molecule has 0 aliphatic heterocycles. The van der Waals surface area contributed by atoms with Gasteiger partial charge in [0.15, 0.2) is 0 Å². The Labute approximate surface area is 128 Å². The van der Waals surface area contributed by atoms with Gasteiger partial charge in [0.1, 0.15) is 17.1 Å². The third-order valence-electron chi connectivity index (χ3n) is 3.21. The molecule has 0 fully saturated rings. The molecular weight excluding hydrogens is 282 g/mol. The van der Waals surface area contributed by atoms with Crippen molar-refractivity contribution in [2.75, 3.05) is 7.11 Å². The topological polar surface area (TPSA) is 39.9 Å². The van der Waals surface area contributed by atoms with E-state index in [0.29, 0.717) is 0 Å². The fourth-order valence-electron chi connectivity index (χ4n) is 2.08. The van der Waals surface area contributed by atoms with E-state index in [-0.39, 0.29) is 6.04 Å². The van der Waals surface area contributed by atoms with Gasteiger partial charge in [0, 0.05) is 5.56 Å². The molecule has 0 radical (unpaired) electrons. The van der Waals surface area contributed by atoms with Crippen molar-refractivity contribution in [3.63, 3.8) is 0 Å². The molecule has 4 nitrogen and oxygen atoms in total. The van der Waals surface area contributed by atoms with Crippen LogP contribution in [0.25, 0.3) is 21.8 Å². The second-order valence-corrected chi connectivity index (χ2v) is 5.96. The van der Waals surface area contributed by atoms with Gasteiger partial charge in [0.25, 0.3) is 0 Å². The first-order valence-electron chi connectivity index (χ1n) is 6.84. The Morgan fingerprint density at radius 3 is 2.33 bits per heavy atom. The van der Waals surface area contributed by atoms with Crippen LogP contribution in [-0.4, -0.2) is 22.1 Å². The maximum atomic E-state index is 5.21. The minimum atomic E-state index is 0.232. The van der Waals surface area contributed by atoms with Gasteiger partial charge in [0.05, 0.1) is 18.0 Å². The summed E-state index contributed by atoms with van der Waals surface area (Å²) >= 11 is 1.68. The zero-order valence-corrected chi connectivity index (χ0v) is 13.1. The number of aromatic nitrogens is 3. The Hall–Kier alpha value is -2.14. The van der Waals surface area contributed by atoms with E-state index in [9.17, 15) is 0 Å². The number of hydrogen-bond donors (Lipinski definition) is 0. The Morgan fingerprint density at radius 2 is 1.76 bits per heavy atom. The zero-order chi connectivity index (χ0) is 14.8. The smallest absolute Gasteiger partial charge is 0.131 e. The molecule has 0 aliphatic carbocycles. The van der Waals surface area contributed by atoms with Crippen molar-refractivity contribution in [2.24, 2.45) is 0 Å². The van der Waals surface area contributed by atoms with Crippen molar-refractivity contribution in [2.45, 2.75) is 19.9 Å². The highest BCUT2D eigenvalue weighted by atomic mass is 32.1. The van der Waals surface area contributed by atoms with Crippen LogP contribution in [0.1, 0.15) is 19.9 Å². The van der Waals surface area contributed by atoms with Gasteiger partial charge in [-0.25, -0.2) is 0 Å². The van der Waals surface area contributed by atoms with E-state index in [4.69, 9.17) is 4.74 Å². The summed E-state index contributed by atoms with van der Waals surface area (Å²) in [5.74, 6) is 0.840. The molecule has 108 valence electrons. The Bertz CT molecular complexity index is 715. The Balaban J connectivity index is 2.11. The number of thiophene rings is 1. The number of ether oxygens (including phenoxy) is 1. The second-order valence-electron chi connectivity index (χ2n) is 5.02. The fourth-order valence-corrected chi connectivity index (χ4v) is 2.79. The number of rotatable bonds is 4. The summed E-state index contributed by atoms with van der Waals surface area (Å²) in [5, 5.41) is 11.4. The van der Waals surface area contributed by atoms with Crippen molar-refractivity contribution in [1.82, 2.24) is 15.0 Å². The highest BCUT2D eigenvalue weighted by molar-refractivity contribution is 7.13. The molecular formula is C16H17N3OS. The number of hydrogen-bond acceptors (Lipinski definition) is 4. The van der Waals surface area contributed by atoms with E-state index in [0.717, 1.165) is 27.6 Å². The average Bonchev–Trinajstić information content (AvgIpc) is 3.16. The monoisotopic (exact) mass is 299 g/mol. The van der Waals surface area contributed by atoms with Gasteiger partial charge in [-0.15, -0.1) is 11.3 Å². The van der Waals surface area contributed by atoms with Crippen LogP contribution in [0.15, 0.2) is 41.8 Å². The molecule has 0 aliphatic rings. The number of methoxy groups -OCH3 is 1. The van der Waals surface area contributed by atoms with Crippen molar-refractivity contribution in [1.29, 1.82) is 0 Å². The highest BCUT2D eigenvalue weighted by Crippen LogP contribution is 2.33. The van der Waals surface area contributed by atoms with Crippen LogP contribution in [0, 0.1) is 0 Å². The third kappa shape index (κ3) is 2.69. The van der Waals surface area contributed by atoms with E-state index < -0.39 is 0 Å². The molecule has 0 saturated carbocycles. The maximum absolute atomic E-state index is 5.21. The maximum Gasteiger partial charge on any atom is 0.131 e. The highest BCUT2D eigenvalue weighted by Gasteiger charge is 2.17. The lowest BCUT2D eigenvalue weighted by Gasteiger charge is -2.02. The molecule has 0 bridgehead atoms. The summed E-state index contributed by atoms with van der Waals surface area (Å²) in [4.78, 5) is 2.90. The van der Waals surface area contributed by atoms with Gasteiger partial charge in [0.2, 0.25) is 0 Å². The van der Waals surface area contributed by atoms with E-state index in [1.54, 1.807) is 23.2 Å². The normalized spacial score (nSPS) is 11.0. The predicted molar refractivity (Wildman–Crippen MR) is 85.7 cm³/mol. The van der Waals surface area contributed by atoms with Gasteiger partial charge >= 0.3 is 0 Å². The lowest BCUT2D eigenvalue weighted by Crippen LogP contribution is -2.04. The summed E-state index contributed by atoms with van der Waals surface area (Å²) in [7, 11) is 1.67. The van der Waals surface area contributed by atoms with Crippen LogP contribution in [0.5, 0.6) is 5.75 Å². The summed E-state index contributed by atoms with van der Waals surface area (Å²) < 4.78 is 5.21.